The number of rotatable bonds is 7. The molecule has 0 unspecified atom stereocenters. The number of sulfonamides is 1. The van der Waals surface area contributed by atoms with Crippen molar-refractivity contribution in [2.75, 3.05) is 16.8 Å². The van der Waals surface area contributed by atoms with Gasteiger partial charge in [0.2, 0.25) is 21.8 Å². The number of carbonyl (C=O) groups is 3. The minimum atomic E-state index is -3.89. The highest BCUT2D eigenvalue weighted by atomic mass is 35.5. The van der Waals surface area contributed by atoms with E-state index in [0.29, 0.717) is 31.9 Å². The summed E-state index contributed by atoms with van der Waals surface area (Å²) < 4.78 is 28.9. The van der Waals surface area contributed by atoms with E-state index < -0.39 is 51.4 Å². The Morgan fingerprint density at radius 2 is 1.75 bits per heavy atom. The van der Waals surface area contributed by atoms with Gasteiger partial charge in [-0.25, -0.2) is 18.5 Å². The molecule has 0 aliphatic carbocycles. The summed E-state index contributed by atoms with van der Waals surface area (Å²) in [5.74, 6) is -2.76. The lowest BCUT2D eigenvalue weighted by atomic mass is 9.82. The van der Waals surface area contributed by atoms with Crippen LogP contribution in [-0.4, -0.2) is 43.0 Å². The number of aromatic nitrogens is 1. The van der Waals surface area contributed by atoms with Crippen molar-refractivity contribution in [3.63, 3.8) is 0 Å². The number of hydrogen-bond acceptors (Lipinski definition) is 9. The summed E-state index contributed by atoms with van der Waals surface area (Å²) in [7, 11) is -3.89. The molecule has 15 heteroatoms. The topological polar surface area (TPSA) is 169 Å². The van der Waals surface area contributed by atoms with Gasteiger partial charge in [0.15, 0.2) is 6.61 Å². The zero-order chi connectivity index (χ0) is 31.3. The molecule has 1 fully saturated rings. The monoisotopic (exact) mass is 670 g/mol. The maximum Gasteiger partial charge on any atom is 0.305 e. The fourth-order valence-electron chi connectivity index (χ4n) is 5.26. The van der Waals surface area contributed by atoms with Gasteiger partial charge in [-0.05, 0) is 61.5 Å². The molecule has 3 aromatic carbocycles. The van der Waals surface area contributed by atoms with E-state index in [-0.39, 0.29) is 15.5 Å². The van der Waals surface area contributed by atoms with Crippen molar-refractivity contribution in [3.05, 3.63) is 97.4 Å². The lowest BCUT2D eigenvalue weighted by Crippen LogP contribution is -2.32. The molecule has 3 heterocycles. The Morgan fingerprint density at radius 3 is 2.43 bits per heavy atom. The number of thiazole rings is 1. The van der Waals surface area contributed by atoms with E-state index in [1.807, 2.05) is 19.1 Å². The Balaban J connectivity index is 1.32. The standard InChI is InChI=1S/C29H23ClN4O7S3/c1-14-2-7-17(8-3-14)34-27(36)23-22(24-26(33-29(38)43-24)42-25(23)28(34)37)19-12-15(30)4-11-20(19)41-13-21(35)32-16-5-9-18(10-6-16)44(31,39)40/h2-12,22-23,25H,13H2,1H3,(H,32,35)(H,33,38)(H2,31,39,40)/t22-,23-,25+/m0/s1. The highest BCUT2D eigenvalue weighted by Gasteiger charge is 2.56. The van der Waals surface area contributed by atoms with Crippen LogP contribution in [0, 0.1) is 12.8 Å². The highest BCUT2D eigenvalue weighted by molar-refractivity contribution is 8.00. The number of hydrogen-bond donors (Lipinski definition) is 3. The Labute approximate surface area is 264 Å². The molecule has 11 nitrogen and oxygen atoms in total. The number of ether oxygens (including phenoxy) is 1. The van der Waals surface area contributed by atoms with Crippen molar-refractivity contribution < 1.29 is 27.5 Å². The van der Waals surface area contributed by atoms with Gasteiger partial charge in [-0.3, -0.25) is 19.2 Å². The van der Waals surface area contributed by atoms with Gasteiger partial charge >= 0.3 is 4.87 Å². The molecule has 3 amide bonds. The summed E-state index contributed by atoms with van der Waals surface area (Å²) >= 11 is 8.51. The van der Waals surface area contributed by atoms with Crippen LogP contribution in [0.4, 0.5) is 11.4 Å². The van der Waals surface area contributed by atoms with Crippen LogP contribution >= 0.6 is 34.7 Å². The molecule has 6 rings (SSSR count). The maximum absolute atomic E-state index is 14.0. The number of aryl methyl sites for hydroxylation is 1. The van der Waals surface area contributed by atoms with Crippen LogP contribution in [-0.2, 0) is 24.4 Å². The van der Waals surface area contributed by atoms with E-state index in [4.69, 9.17) is 21.5 Å². The molecule has 0 saturated carbocycles. The van der Waals surface area contributed by atoms with Crippen LogP contribution in [0.15, 0.2) is 81.4 Å². The second-order valence-electron chi connectivity index (χ2n) is 10.2. The summed E-state index contributed by atoms with van der Waals surface area (Å²) in [5.41, 5.74) is 2.19. The SMILES string of the molecule is Cc1ccc(N2C(=O)[C@H]3[C@H](c4cc(Cl)ccc4OCC(=O)Nc4ccc(S(N)(=O)=O)cc4)c4sc(=O)[nH]c4S[C@H]3C2=O)cc1. The van der Waals surface area contributed by atoms with E-state index >= 15 is 0 Å². The average Bonchev–Trinajstić information content (AvgIpc) is 3.46. The summed E-state index contributed by atoms with van der Waals surface area (Å²) in [4.78, 5) is 57.0. The highest BCUT2D eigenvalue weighted by Crippen LogP contribution is 2.54. The molecule has 3 atom stereocenters. The van der Waals surface area contributed by atoms with Crippen LogP contribution < -0.4 is 25.0 Å². The Kier molecular flexibility index (Phi) is 7.88. The molecule has 2 aliphatic rings. The summed E-state index contributed by atoms with van der Waals surface area (Å²) in [6, 6.07) is 17.1. The molecule has 0 radical (unpaired) electrons. The summed E-state index contributed by atoms with van der Waals surface area (Å²) in [6.07, 6.45) is 0. The number of halogens is 1. The average molecular weight is 671 g/mol. The number of amides is 3. The van der Waals surface area contributed by atoms with Gasteiger partial charge in [0.1, 0.15) is 11.0 Å². The molecule has 2 aliphatic heterocycles. The molecule has 0 spiro atoms. The summed E-state index contributed by atoms with van der Waals surface area (Å²) in [5, 5.41) is 7.75. The van der Waals surface area contributed by atoms with Gasteiger partial charge in [-0.1, -0.05) is 52.4 Å². The minimum absolute atomic E-state index is 0.103. The molecular weight excluding hydrogens is 648 g/mol. The molecular formula is C29H23ClN4O7S3. The number of nitrogens with one attached hydrogen (secondary N) is 2. The Bertz CT molecular complexity index is 1970. The largest absolute Gasteiger partial charge is 0.483 e. The normalized spacial score (nSPS) is 19.4. The van der Waals surface area contributed by atoms with E-state index in [9.17, 15) is 27.6 Å². The van der Waals surface area contributed by atoms with Crippen LogP contribution in [0.2, 0.25) is 5.02 Å². The predicted molar refractivity (Wildman–Crippen MR) is 167 cm³/mol. The van der Waals surface area contributed by atoms with E-state index in [0.717, 1.165) is 28.7 Å². The van der Waals surface area contributed by atoms with Gasteiger partial charge in [-0.2, -0.15) is 0 Å². The van der Waals surface area contributed by atoms with E-state index in [2.05, 4.69) is 10.3 Å². The molecule has 4 N–H and O–H groups in total. The fraction of sp³-hybridized carbons (Fsp3) is 0.172. The number of anilines is 2. The number of fused-ring (bicyclic) bond motifs is 2. The smallest absolute Gasteiger partial charge is 0.305 e. The van der Waals surface area contributed by atoms with Crippen molar-refractivity contribution in [3.8, 4) is 5.75 Å². The minimum Gasteiger partial charge on any atom is -0.483 e. The number of benzene rings is 3. The molecule has 226 valence electrons. The molecule has 1 saturated heterocycles. The van der Waals surface area contributed by atoms with Gasteiger partial charge in [0, 0.05) is 27.1 Å². The zero-order valence-corrected chi connectivity index (χ0v) is 26.0. The second kappa shape index (κ2) is 11.5. The number of nitrogens with two attached hydrogens (primary N) is 1. The van der Waals surface area contributed by atoms with E-state index in [1.165, 1.54) is 29.2 Å². The molecule has 4 aromatic rings. The maximum atomic E-state index is 14.0. The van der Waals surface area contributed by atoms with Crippen LogP contribution in [0.5, 0.6) is 5.75 Å². The van der Waals surface area contributed by atoms with Crippen molar-refractivity contribution in [1.29, 1.82) is 0 Å². The van der Waals surface area contributed by atoms with Gasteiger partial charge in [-0.15, -0.1) is 0 Å². The van der Waals surface area contributed by atoms with Gasteiger partial charge in [0.25, 0.3) is 5.91 Å². The first kappa shape index (κ1) is 30.1. The number of primary sulfonamides is 1. The number of aromatic amines is 1. The first-order valence-corrected chi connectivity index (χ1v) is 16.7. The van der Waals surface area contributed by atoms with Gasteiger partial charge in [0.05, 0.1) is 21.5 Å². The zero-order valence-electron chi connectivity index (χ0n) is 22.8. The first-order valence-electron chi connectivity index (χ1n) is 13.1. The summed E-state index contributed by atoms with van der Waals surface area (Å²) in [6.45, 7) is 1.46. The third kappa shape index (κ3) is 5.66. The fourth-order valence-corrected chi connectivity index (χ4v) is 8.46. The lowest BCUT2D eigenvalue weighted by Gasteiger charge is -2.31. The lowest BCUT2D eigenvalue weighted by molar-refractivity contribution is -0.122. The first-order chi connectivity index (χ1) is 20.9. The molecule has 0 bridgehead atoms. The Morgan fingerprint density at radius 1 is 1.05 bits per heavy atom. The van der Waals surface area contributed by atoms with Crippen LogP contribution in [0.25, 0.3) is 0 Å². The number of H-pyrrole nitrogens is 1. The van der Waals surface area contributed by atoms with Crippen LogP contribution in [0.1, 0.15) is 21.9 Å². The second-order valence-corrected chi connectivity index (χ2v) is 14.4. The molecule has 44 heavy (non-hydrogen) atoms. The van der Waals surface area contributed by atoms with Crippen molar-refractivity contribution in [2.24, 2.45) is 11.1 Å². The van der Waals surface area contributed by atoms with E-state index in [1.54, 1.807) is 30.3 Å². The number of carbonyl (C=O) groups excluding carboxylic acids is 3. The Hall–Kier alpha value is -3.95. The van der Waals surface area contributed by atoms with Gasteiger partial charge < -0.3 is 15.0 Å². The van der Waals surface area contributed by atoms with Crippen molar-refractivity contribution >= 4 is 73.8 Å². The third-order valence-electron chi connectivity index (χ3n) is 7.25. The number of imide groups is 1. The van der Waals surface area contributed by atoms with Crippen LogP contribution in [0.3, 0.4) is 0 Å². The quantitative estimate of drug-likeness (QED) is 0.249. The number of thioether (sulfide) groups is 1. The molecule has 1 aromatic heterocycles. The third-order valence-corrected chi connectivity index (χ3v) is 10.8. The predicted octanol–water partition coefficient (Wildman–Crippen LogP) is 3.86. The number of nitrogens with zero attached hydrogens (tertiary/aromatic N) is 1. The van der Waals surface area contributed by atoms with Crippen molar-refractivity contribution in [2.45, 2.75) is 28.0 Å². The van der Waals surface area contributed by atoms with Crippen molar-refractivity contribution in [1.82, 2.24) is 4.98 Å².